The number of likely N-dealkylation sites (tertiary alicyclic amines) is 1. The van der Waals surface area contributed by atoms with Crippen molar-refractivity contribution < 1.29 is 9.53 Å². The van der Waals surface area contributed by atoms with E-state index in [2.05, 4.69) is 29.2 Å². The van der Waals surface area contributed by atoms with Gasteiger partial charge in [-0.3, -0.25) is 0 Å². The number of esters is 1. The standard InChI is InChI=1S/C16H31N3O2/c1-17-16(14-5-6-14,15(20)21-4)12-19(3)11-13-7-9-18(2)10-8-13/h13-14,17H,5-12H2,1-4H3. The summed E-state index contributed by atoms with van der Waals surface area (Å²) in [4.78, 5) is 17.0. The first kappa shape index (κ1) is 16.7. The first-order chi connectivity index (χ1) is 10.0. The Morgan fingerprint density at radius 2 is 1.95 bits per heavy atom. The van der Waals surface area contributed by atoms with E-state index < -0.39 is 5.54 Å². The van der Waals surface area contributed by atoms with Crippen molar-refractivity contribution >= 4 is 5.97 Å². The predicted molar refractivity (Wildman–Crippen MR) is 84.2 cm³/mol. The number of rotatable bonds is 7. The number of carbonyl (C=O) groups excluding carboxylic acids is 1. The average Bonchev–Trinajstić information content (AvgIpc) is 3.31. The number of piperidine rings is 1. The Bertz CT molecular complexity index is 351. The molecular weight excluding hydrogens is 266 g/mol. The molecule has 1 N–H and O–H groups in total. The summed E-state index contributed by atoms with van der Waals surface area (Å²) in [7, 11) is 7.71. The van der Waals surface area contributed by atoms with Crippen molar-refractivity contribution in [1.82, 2.24) is 15.1 Å². The third-order valence-electron chi connectivity index (χ3n) is 5.20. The van der Waals surface area contributed by atoms with E-state index in [-0.39, 0.29) is 5.97 Å². The van der Waals surface area contributed by atoms with E-state index in [1.807, 2.05) is 7.05 Å². The number of nitrogens with one attached hydrogen (secondary N) is 1. The SMILES string of the molecule is CNC(CN(C)CC1CCN(C)CC1)(C(=O)OC)C1CC1. The number of methoxy groups -OCH3 is 1. The Hall–Kier alpha value is -0.650. The van der Waals surface area contributed by atoms with Gasteiger partial charge in [0.2, 0.25) is 0 Å². The van der Waals surface area contributed by atoms with Gasteiger partial charge < -0.3 is 19.9 Å². The van der Waals surface area contributed by atoms with Gasteiger partial charge in [0, 0.05) is 13.1 Å². The largest absolute Gasteiger partial charge is 0.468 e. The lowest BCUT2D eigenvalue weighted by Crippen LogP contribution is -2.60. The smallest absolute Gasteiger partial charge is 0.327 e. The molecule has 5 nitrogen and oxygen atoms in total. The van der Waals surface area contributed by atoms with Crippen molar-refractivity contribution in [2.75, 3.05) is 54.4 Å². The molecule has 0 amide bonds. The van der Waals surface area contributed by atoms with Crippen molar-refractivity contribution in [2.24, 2.45) is 11.8 Å². The Morgan fingerprint density at radius 1 is 1.33 bits per heavy atom. The van der Waals surface area contributed by atoms with Crippen LogP contribution in [0, 0.1) is 11.8 Å². The van der Waals surface area contributed by atoms with Gasteiger partial charge in [-0.05, 0) is 71.8 Å². The Labute approximate surface area is 129 Å². The Kier molecular flexibility index (Phi) is 5.63. The fourth-order valence-electron chi connectivity index (χ4n) is 3.68. The zero-order valence-electron chi connectivity index (χ0n) is 14.0. The summed E-state index contributed by atoms with van der Waals surface area (Å²) >= 11 is 0. The van der Waals surface area contributed by atoms with Gasteiger partial charge in [0.05, 0.1) is 7.11 Å². The monoisotopic (exact) mass is 297 g/mol. The van der Waals surface area contributed by atoms with Gasteiger partial charge in [0.25, 0.3) is 0 Å². The summed E-state index contributed by atoms with van der Waals surface area (Å²) in [5.41, 5.74) is -0.519. The van der Waals surface area contributed by atoms with Crippen LogP contribution in [0.15, 0.2) is 0 Å². The quantitative estimate of drug-likeness (QED) is 0.704. The lowest BCUT2D eigenvalue weighted by molar-refractivity contribution is -0.150. The number of hydrogen-bond acceptors (Lipinski definition) is 5. The number of carbonyl (C=O) groups is 1. The van der Waals surface area contributed by atoms with E-state index in [1.165, 1.54) is 33.0 Å². The van der Waals surface area contributed by atoms with Gasteiger partial charge in [0.1, 0.15) is 5.54 Å². The van der Waals surface area contributed by atoms with E-state index in [9.17, 15) is 4.79 Å². The molecule has 1 saturated heterocycles. The topological polar surface area (TPSA) is 44.8 Å². The first-order valence-corrected chi connectivity index (χ1v) is 8.16. The number of ether oxygens (including phenoxy) is 1. The first-order valence-electron chi connectivity index (χ1n) is 8.16. The molecule has 2 fully saturated rings. The molecule has 5 heteroatoms. The molecule has 0 bridgehead atoms. The van der Waals surface area contributed by atoms with Gasteiger partial charge >= 0.3 is 5.97 Å². The zero-order chi connectivity index (χ0) is 15.5. The predicted octanol–water partition coefficient (Wildman–Crippen LogP) is 0.801. The van der Waals surface area contributed by atoms with E-state index in [0.717, 1.165) is 31.8 Å². The Morgan fingerprint density at radius 3 is 2.43 bits per heavy atom. The van der Waals surface area contributed by atoms with Crippen molar-refractivity contribution in [3.05, 3.63) is 0 Å². The van der Waals surface area contributed by atoms with Crippen molar-refractivity contribution in [2.45, 2.75) is 31.2 Å². The molecule has 0 radical (unpaired) electrons. The molecule has 1 heterocycles. The van der Waals surface area contributed by atoms with Crippen LogP contribution in [-0.2, 0) is 9.53 Å². The zero-order valence-corrected chi connectivity index (χ0v) is 14.0. The molecule has 0 aromatic rings. The van der Waals surface area contributed by atoms with Crippen LogP contribution in [0.25, 0.3) is 0 Å². The second kappa shape index (κ2) is 7.07. The molecule has 0 spiro atoms. The third-order valence-corrected chi connectivity index (χ3v) is 5.20. The van der Waals surface area contributed by atoms with Crippen LogP contribution in [0.5, 0.6) is 0 Å². The maximum atomic E-state index is 12.3. The molecule has 1 aliphatic heterocycles. The average molecular weight is 297 g/mol. The number of nitrogens with zero attached hydrogens (tertiary/aromatic N) is 2. The second-order valence-corrected chi connectivity index (χ2v) is 6.93. The normalized spacial score (nSPS) is 24.0. The van der Waals surface area contributed by atoms with Crippen molar-refractivity contribution in [3.63, 3.8) is 0 Å². The molecular formula is C16H31N3O2. The summed E-state index contributed by atoms with van der Waals surface area (Å²) in [6, 6.07) is 0. The maximum absolute atomic E-state index is 12.3. The molecule has 0 aromatic carbocycles. The fraction of sp³-hybridized carbons (Fsp3) is 0.938. The summed E-state index contributed by atoms with van der Waals surface area (Å²) in [6.07, 6.45) is 4.76. The van der Waals surface area contributed by atoms with Crippen LogP contribution in [0.4, 0.5) is 0 Å². The highest BCUT2D eigenvalue weighted by Crippen LogP contribution is 2.40. The molecule has 1 atom stereocenters. The fourth-order valence-corrected chi connectivity index (χ4v) is 3.68. The van der Waals surface area contributed by atoms with Gasteiger partial charge in [-0.15, -0.1) is 0 Å². The molecule has 1 saturated carbocycles. The van der Waals surface area contributed by atoms with E-state index in [4.69, 9.17) is 4.74 Å². The summed E-state index contributed by atoms with van der Waals surface area (Å²) in [5.74, 6) is 1.07. The van der Waals surface area contributed by atoms with Crippen molar-refractivity contribution in [1.29, 1.82) is 0 Å². The second-order valence-electron chi connectivity index (χ2n) is 6.93. The van der Waals surface area contributed by atoms with Gasteiger partial charge in [-0.1, -0.05) is 0 Å². The Balaban J connectivity index is 1.92. The van der Waals surface area contributed by atoms with Crippen LogP contribution in [0.1, 0.15) is 25.7 Å². The molecule has 0 aromatic heterocycles. The molecule has 2 aliphatic rings. The molecule has 21 heavy (non-hydrogen) atoms. The third kappa shape index (κ3) is 3.96. The molecule has 122 valence electrons. The van der Waals surface area contributed by atoms with Crippen LogP contribution < -0.4 is 5.32 Å². The molecule has 1 aliphatic carbocycles. The van der Waals surface area contributed by atoms with Crippen molar-refractivity contribution in [3.8, 4) is 0 Å². The van der Waals surface area contributed by atoms with Crippen LogP contribution in [0.2, 0.25) is 0 Å². The van der Waals surface area contributed by atoms with Gasteiger partial charge in [0.15, 0.2) is 0 Å². The minimum atomic E-state index is -0.519. The number of likely N-dealkylation sites (N-methyl/N-ethyl adjacent to an activating group) is 2. The summed E-state index contributed by atoms with van der Waals surface area (Å²) in [5, 5.41) is 3.28. The number of hydrogen-bond donors (Lipinski definition) is 1. The highest BCUT2D eigenvalue weighted by atomic mass is 16.5. The highest BCUT2D eigenvalue weighted by Gasteiger charge is 2.51. The molecule has 1 unspecified atom stereocenters. The minimum Gasteiger partial charge on any atom is -0.468 e. The van der Waals surface area contributed by atoms with E-state index >= 15 is 0 Å². The van der Waals surface area contributed by atoms with Gasteiger partial charge in [-0.2, -0.15) is 0 Å². The van der Waals surface area contributed by atoms with Gasteiger partial charge in [-0.25, -0.2) is 4.79 Å². The molecule has 2 rings (SSSR count). The lowest BCUT2D eigenvalue weighted by atomic mass is 9.91. The maximum Gasteiger partial charge on any atom is 0.327 e. The van der Waals surface area contributed by atoms with E-state index in [0.29, 0.717) is 5.92 Å². The lowest BCUT2D eigenvalue weighted by Gasteiger charge is -2.37. The summed E-state index contributed by atoms with van der Waals surface area (Å²) < 4.78 is 5.08. The highest BCUT2D eigenvalue weighted by molar-refractivity contribution is 5.82. The van der Waals surface area contributed by atoms with Crippen LogP contribution in [-0.4, -0.2) is 75.7 Å². The van der Waals surface area contributed by atoms with Crippen LogP contribution >= 0.6 is 0 Å². The minimum absolute atomic E-state index is 0.109. The van der Waals surface area contributed by atoms with E-state index in [1.54, 1.807) is 0 Å². The van der Waals surface area contributed by atoms with Crippen LogP contribution in [0.3, 0.4) is 0 Å². The summed E-state index contributed by atoms with van der Waals surface area (Å²) in [6.45, 7) is 4.19.